The second-order valence-electron chi connectivity index (χ2n) is 6.88. The summed E-state index contributed by atoms with van der Waals surface area (Å²) in [4.78, 5) is 18.3. The van der Waals surface area contributed by atoms with E-state index in [0.717, 1.165) is 5.56 Å². The molecule has 1 aliphatic heterocycles. The van der Waals surface area contributed by atoms with Crippen LogP contribution in [0.15, 0.2) is 42.6 Å². The van der Waals surface area contributed by atoms with Crippen LogP contribution in [0, 0.1) is 5.82 Å². The summed E-state index contributed by atoms with van der Waals surface area (Å²) >= 11 is 0. The molecule has 1 aromatic carbocycles. The molecule has 29 heavy (non-hydrogen) atoms. The maximum absolute atomic E-state index is 13.3. The molecule has 0 saturated carbocycles. The molecule has 0 spiro atoms. The zero-order valence-corrected chi connectivity index (χ0v) is 16.6. The molecule has 0 atom stereocenters. The van der Waals surface area contributed by atoms with Gasteiger partial charge in [-0.2, -0.15) is 0 Å². The number of rotatable bonds is 4. The van der Waals surface area contributed by atoms with Crippen LogP contribution in [0.25, 0.3) is 11.1 Å². The van der Waals surface area contributed by atoms with Crippen molar-refractivity contribution in [1.82, 2.24) is 14.2 Å². The first-order valence-corrected chi connectivity index (χ1v) is 10.8. The smallest absolute Gasteiger partial charge is 0.323 e. The van der Waals surface area contributed by atoms with E-state index in [1.54, 1.807) is 42.4 Å². The van der Waals surface area contributed by atoms with Crippen molar-refractivity contribution in [3.63, 3.8) is 0 Å². The molecule has 2 aromatic rings. The average Bonchev–Trinajstić information content (AvgIpc) is 2.67. The van der Waals surface area contributed by atoms with E-state index in [-0.39, 0.29) is 25.3 Å². The van der Waals surface area contributed by atoms with Crippen LogP contribution in [-0.2, 0) is 10.0 Å². The van der Waals surface area contributed by atoms with E-state index >= 15 is 0 Å². The van der Waals surface area contributed by atoms with Gasteiger partial charge in [0, 0.05) is 37.9 Å². The topological polar surface area (TPSA) is 82.6 Å². The van der Waals surface area contributed by atoms with E-state index in [1.807, 2.05) is 0 Å². The number of sulfonamides is 1. The summed E-state index contributed by atoms with van der Waals surface area (Å²) < 4.78 is 38.0. The Labute approximate surface area is 171 Å². The first kappa shape index (κ1) is 22.8. The van der Waals surface area contributed by atoms with Gasteiger partial charge in [-0.05, 0) is 42.7 Å². The lowest BCUT2D eigenvalue weighted by molar-refractivity contribution is 0.174. The van der Waals surface area contributed by atoms with Crippen molar-refractivity contribution in [3.8, 4) is 11.1 Å². The fraction of sp³-hybridized carbons (Fsp3) is 0.400. The number of piperidine rings is 1. The van der Waals surface area contributed by atoms with Gasteiger partial charge >= 0.3 is 6.03 Å². The van der Waals surface area contributed by atoms with Gasteiger partial charge in [0.15, 0.2) is 0 Å². The van der Waals surface area contributed by atoms with Crippen LogP contribution in [0.5, 0.6) is 0 Å². The standard InChI is InChI=1S/C19H23FN4O3S.CH4/c1-23(17-8-10-24(11-9-17)28(2,26)27)19(25)22-18-7-6-15(13-21-18)14-4-3-5-16(20)12-14;/h3-7,12-13,17H,8-11H2,1-2H3,(H,21,22,25);1H4. The molecule has 0 aliphatic carbocycles. The minimum absolute atomic E-state index is 0. The third kappa shape index (κ3) is 5.74. The van der Waals surface area contributed by atoms with Crippen LogP contribution < -0.4 is 5.32 Å². The minimum atomic E-state index is -3.19. The van der Waals surface area contributed by atoms with Crippen LogP contribution in [0.2, 0.25) is 0 Å². The second kappa shape index (κ2) is 9.32. The number of nitrogens with one attached hydrogen (secondary N) is 1. The third-order valence-corrected chi connectivity index (χ3v) is 6.22. The molecule has 158 valence electrons. The summed E-state index contributed by atoms with van der Waals surface area (Å²) in [7, 11) is -1.50. The molecular weight excluding hydrogens is 395 g/mol. The number of hydrogen-bond acceptors (Lipinski definition) is 4. The highest BCUT2D eigenvalue weighted by Gasteiger charge is 2.29. The quantitative estimate of drug-likeness (QED) is 0.819. The monoisotopic (exact) mass is 422 g/mol. The summed E-state index contributed by atoms with van der Waals surface area (Å²) in [5.41, 5.74) is 1.46. The van der Waals surface area contributed by atoms with E-state index in [0.29, 0.717) is 37.3 Å². The Bertz CT molecular complexity index is 942. The van der Waals surface area contributed by atoms with Gasteiger partial charge in [-0.25, -0.2) is 26.9 Å². The van der Waals surface area contributed by atoms with Gasteiger partial charge in [-0.15, -0.1) is 0 Å². The molecule has 0 unspecified atom stereocenters. The number of halogens is 1. The number of carbonyl (C=O) groups excluding carboxylic acids is 1. The molecule has 1 aromatic heterocycles. The summed E-state index contributed by atoms with van der Waals surface area (Å²) in [5.74, 6) is 0.0731. The number of hydrogen-bond donors (Lipinski definition) is 1. The van der Waals surface area contributed by atoms with Gasteiger partial charge in [0.1, 0.15) is 11.6 Å². The lowest BCUT2D eigenvalue weighted by Gasteiger charge is -2.35. The second-order valence-corrected chi connectivity index (χ2v) is 8.86. The van der Waals surface area contributed by atoms with Crippen LogP contribution in [0.4, 0.5) is 15.0 Å². The predicted octanol–water partition coefficient (Wildman–Crippen LogP) is 3.41. The van der Waals surface area contributed by atoms with Gasteiger partial charge < -0.3 is 4.90 Å². The van der Waals surface area contributed by atoms with E-state index < -0.39 is 10.0 Å². The highest BCUT2D eigenvalue weighted by molar-refractivity contribution is 7.88. The molecule has 0 radical (unpaired) electrons. The molecule has 1 N–H and O–H groups in total. The van der Waals surface area contributed by atoms with Gasteiger partial charge in [0.25, 0.3) is 0 Å². The molecule has 2 amide bonds. The van der Waals surface area contributed by atoms with E-state index in [9.17, 15) is 17.6 Å². The molecule has 2 heterocycles. The fourth-order valence-electron chi connectivity index (χ4n) is 3.23. The number of anilines is 1. The van der Waals surface area contributed by atoms with E-state index in [2.05, 4.69) is 10.3 Å². The maximum Gasteiger partial charge on any atom is 0.323 e. The van der Waals surface area contributed by atoms with Crippen molar-refractivity contribution in [1.29, 1.82) is 0 Å². The molecule has 1 saturated heterocycles. The largest absolute Gasteiger partial charge is 0.324 e. The summed E-state index contributed by atoms with van der Waals surface area (Å²) in [6.45, 7) is 0.809. The number of aromatic nitrogens is 1. The van der Waals surface area contributed by atoms with Crippen LogP contribution in [0.3, 0.4) is 0 Å². The first-order chi connectivity index (χ1) is 13.2. The van der Waals surface area contributed by atoms with Crippen molar-refractivity contribution >= 4 is 21.9 Å². The van der Waals surface area contributed by atoms with Crippen LogP contribution in [0.1, 0.15) is 20.3 Å². The number of carbonyl (C=O) groups is 1. The van der Waals surface area contributed by atoms with Gasteiger partial charge in [0.05, 0.1) is 6.26 Å². The zero-order valence-electron chi connectivity index (χ0n) is 15.8. The highest BCUT2D eigenvalue weighted by Crippen LogP contribution is 2.21. The van der Waals surface area contributed by atoms with Crippen molar-refractivity contribution < 1.29 is 17.6 Å². The highest BCUT2D eigenvalue weighted by atomic mass is 32.2. The van der Waals surface area contributed by atoms with Crippen LogP contribution >= 0.6 is 0 Å². The van der Waals surface area contributed by atoms with Crippen molar-refractivity contribution in [3.05, 3.63) is 48.4 Å². The maximum atomic E-state index is 13.3. The summed E-state index contributed by atoms with van der Waals surface area (Å²) in [6.07, 6.45) is 3.95. The summed E-state index contributed by atoms with van der Waals surface area (Å²) in [6, 6.07) is 9.31. The number of pyridine rings is 1. The minimum Gasteiger partial charge on any atom is -0.324 e. The molecule has 3 rings (SSSR count). The number of amides is 2. The Morgan fingerprint density at radius 2 is 1.90 bits per heavy atom. The van der Waals surface area contributed by atoms with Gasteiger partial charge in [-0.3, -0.25) is 5.32 Å². The lowest BCUT2D eigenvalue weighted by atomic mass is 10.1. The Morgan fingerprint density at radius 3 is 2.45 bits per heavy atom. The van der Waals surface area contributed by atoms with Crippen molar-refractivity contribution in [2.75, 3.05) is 31.7 Å². The average molecular weight is 423 g/mol. The van der Waals surface area contributed by atoms with Crippen LogP contribution in [-0.4, -0.2) is 61.1 Å². The van der Waals surface area contributed by atoms with E-state index in [4.69, 9.17) is 0 Å². The number of urea groups is 1. The van der Waals surface area contributed by atoms with Crippen molar-refractivity contribution in [2.24, 2.45) is 0 Å². The zero-order chi connectivity index (χ0) is 20.3. The van der Waals surface area contributed by atoms with Gasteiger partial charge in [-0.1, -0.05) is 19.6 Å². The SMILES string of the molecule is C.CN(C(=O)Nc1ccc(-c2cccc(F)c2)cn1)C1CCN(S(C)(=O)=O)CC1. The van der Waals surface area contributed by atoms with E-state index in [1.165, 1.54) is 22.7 Å². The molecule has 0 bridgehead atoms. The van der Waals surface area contributed by atoms with Crippen molar-refractivity contribution in [2.45, 2.75) is 26.3 Å². The molecule has 7 nitrogen and oxygen atoms in total. The summed E-state index contributed by atoms with van der Waals surface area (Å²) in [5, 5.41) is 2.74. The van der Waals surface area contributed by atoms with Gasteiger partial charge in [0.2, 0.25) is 10.0 Å². The number of benzene rings is 1. The fourth-order valence-corrected chi connectivity index (χ4v) is 4.11. The molecular formula is C20H27FN4O3S. The number of nitrogens with zero attached hydrogens (tertiary/aromatic N) is 3. The molecule has 1 aliphatic rings. The third-order valence-electron chi connectivity index (χ3n) is 4.92. The Balaban J connectivity index is 0.00000300. The lowest BCUT2D eigenvalue weighted by Crippen LogP contribution is -2.48. The predicted molar refractivity (Wildman–Crippen MR) is 113 cm³/mol. The molecule has 1 fully saturated rings. The Morgan fingerprint density at radius 1 is 1.21 bits per heavy atom. The Kier molecular flexibility index (Phi) is 7.32. The molecule has 9 heteroatoms. The first-order valence-electron chi connectivity index (χ1n) is 8.95. The Hall–Kier alpha value is -2.52. The normalized spacial score (nSPS) is 15.4.